The minimum atomic E-state index is 0.0155. The molecule has 0 N–H and O–H groups in total. The van der Waals surface area contributed by atoms with Crippen LogP contribution in [0, 0.1) is 17.9 Å². The van der Waals surface area contributed by atoms with Crippen molar-refractivity contribution in [3.8, 4) is 73.4 Å². The second-order valence-electron chi connectivity index (χ2n) is 15.7. The van der Waals surface area contributed by atoms with Gasteiger partial charge in [0.2, 0.25) is 5.69 Å². The molecule has 0 saturated carbocycles. The standard InChI is InChI=1S/C50H42N4/c1-49(2,3)39-26-22-33(23-27-39)41-30-44(53-46(43(41)32-51)37-14-10-8-11-15-37)35-18-20-36(21-19-35)45-31-42(34-24-28-40(29-25-34)50(4,5)6)48(52-7)47(54-45)38-16-12-9-13-17-38/h8-31H,1-6H3. The monoisotopic (exact) mass is 698 g/mol. The van der Waals surface area contributed by atoms with Gasteiger partial charge in [0, 0.05) is 22.3 Å². The lowest BCUT2D eigenvalue weighted by Crippen LogP contribution is -2.10. The lowest BCUT2D eigenvalue weighted by atomic mass is 9.85. The van der Waals surface area contributed by atoms with Crippen molar-refractivity contribution < 1.29 is 0 Å². The number of hydrogen-bond acceptors (Lipinski definition) is 3. The maximum absolute atomic E-state index is 10.5. The number of nitriles is 1. The Labute approximate surface area is 319 Å². The van der Waals surface area contributed by atoms with Gasteiger partial charge in [-0.1, -0.05) is 175 Å². The molecular weight excluding hydrogens is 657 g/mol. The summed E-state index contributed by atoms with van der Waals surface area (Å²) in [7, 11) is 0. The molecule has 0 fully saturated rings. The van der Waals surface area contributed by atoms with Crippen LogP contribution in [-0.2, 0) is 10.8 Å². The molecule has 0 radical (unpaired) electrons. The molecule has 54 heavy (non-hydrogen) atoms. The van der Waals surface area contributed by atoms with Gasteiger partial charge in [-0.15, -0.1) is 0 Å². The molecule has 0 aliphatic carbocycles. The van der Waals surface area contributed by atoms with E-state index in [-0.39, 0.29) is 10.8 Å². The first-order valence-electron chi connectivity index (χ1n) is 18.3. The highest BCUT2D eigenvalue weighted by Crippen LogP contribution is 2.42. The van der Waals surface area contributed by atoms with E-state index in [1.165, 1.54) is 11.1 Å². The quantitative estimate of drug-likeness (QED) is 0.162. The van der Waals surface area contributed by atoms with Crippen molar-refractivity contribution in [1.29, 1.82) is 5.26 Å². The van der Waals surface area contributed by atoms with Crippen LogP contribution in [0.15, 0.2) is 146 Å². The third-order valence-corrected chi connectivity index (χ3v) is 9.93. The molecule has 7 rings (SSSR count). The minimum Gasteiger partial charge on any atom is -0.259 e. The fourth-order valence-electron chi connectivity index (χ4n) is 6.77. The summed E-state index contributed by atoms with van der Waals surface area (Å²) in [5, 5.41) is 10.5. The van der Waals surface area contributed by atoms with E-state index in [9.17, 15) is 5.26 Å². The van der Waals surface area contributed by atoms with Crippen molar-refractivity contribution in [2.45, 2.75) is 52.4 Å². The molecule has 0 spiro atoms. The summed E-state index contributed by atoms with van der Waals surface area (Å²) in [5.41, 5.74) is 13.7. The Hall–Kier alpha value is -6.62. The van der Waals surface area contributed by atoms with Crippen LogP contribution in [0.1, 0.15) is 58.2 Å². The first-order valence-corrected chi connectivity index (χ1v) is 18.3. The zero-order valence-corrected chi connectivity index (χ0v) is 31.6. The molecule has 7 aromatic rings. The summed E-state index contributed by atoms with van der Waals surface area (Å²) < 4.78 is 0. The molecule has 5 aromatic carbocycles. The maximum atomic E-state index is 10.5. The SMILES string of the molecule is [C-]#[N+]c1c(-c2ccc(C(C)(C)C)cc2)cc(-c2ccc(-c3cc(-c4ccc(C(C)(C)C)cc4)c(C#N)c(-c4ccccc4)n3)cc2)nc1-c1ccccc1. The highest BCUT2D eigenvalue weighted by Gasteiger charge is 2.21. The lowest BCUT2D eigenvalue weighted by Gasteiger charge is -2.20. The van der Waals surface area contributed by atoms with Gasteiger partial charge in [0.1, 0.15) is 6.07 Å². The van der Waals surface area contributed by atoms with Crippen molar-refractivity contribution in [3.63, 3.8) is 0 Å². The number of rotatable bonds is 6. The second kappa shape index (κ2) is 14.4. The topological polar surface area (TPSA) is 53.9 Å². The van der Waals surface area contributed by atoms with E-state index in [1.807, 2.05) is 72.8 Å². The van der Waals surface area contributed by atoms with E-state index in [4.69, 9.17) is 16.5 Å². The van der Waals surface area contributed by atoms with Gasteiger partial charge in [-0.25, -0.2) is 9.83 Å². The molecule has 0 aliphatic heterocycles. The predicted molar refractivity (Wildman–Crippen MR) is 223 cm³/mol. The molecule has 0 aliphatic rings. The Morgan fingerprint density at radius 1 is 0.481 bits per heavy atom. The predicted octanol–water partition coefficient (Wildman–Crippen LogP) is 13.5. The molecule has 0 bridgehead atoms. The number of pyridine rings is 2. The van der Waals surface area contributed by atoms with Crippen molar-refractivity contribution in [1.82, 2.24) is 9.97 Å². The van der Waals surface area contributed by atoms with Crippen LogP contribution in [0.5, 0.6) is 0 Å². The van der Waals surface area contributed by atoms with Crippen LogP contribution in [-0.4, -0.2) is 9.97 Å². The lowest BCUT2D eigenvalue weighted by molar-refractivity contribution is 0.590. The zero-order chi connectivity index (χ0) is 38.0. The van der Waals surface area contributed by atoms with Crippen LogP contribution in [0.2, 0.25) is 0 Å². The average molecular weight is 699 g/mol. The first kappa shape index (κ1) is 35.8. The van der Waals surface area contributed by atoms with Gasteiger partial charge < -0.3 is 0 Å². The Morgan fingerprint density at radius 2 is 0.870 bits per heavy atom. The van der Waals surface area contributed by atoms with E-state index in [0.29, 0.717) is 22.6 Å². The summed E-state index contributed by atoms with van der Waals surface area (Å²) in [4.78, 5) is 14.3. The van der Waals surface area contributed by atoms with Gasteiger partial charge in [0.05, 0.1) is 34.9 Å². The van der Waals surface area contributed by atoms with Crippen molar-refractivity contribution in [3.05, 3.63) is 174 Å². The van der Waals surface area contributed by atoms with Crippen LogP contribution in [0.25, 0.3) is 72.1 Å². The molecule has 0 unspecified atom stereocenters. The Kier molecular flexibility index (Phi) is 9.55. The van der Waals surface area contributed by atoms with Gasteiger partial charge in [-0.3, -0.25) is 4.98 Å². The van der Waals surface area contributed by atoms with E-state index in [1.54, 1.807) is 0 Å². The van der Waals surface area contributed by atoms with Crippen LogP contribution >= 0.6 is 0 Å². The van der Waals surface area contributed by atoms with Crippen LogP contribution in [0.3, 0.4) is 0 Å². The number of hydrogen-bond donors (Lipinski definition) is 0. The van der Waals surface area contributed by atoms with E-state index in [0.717, 1.165) is 55.9 Å². The molecular formula is C50H42N4. The molecule has 2 heterocycles. The summed E-state index contributed by atoms with van der Waals surface area (Å²) in [5.74, 6) is 0. The smallest absolute Gasteiger partial charge is 0.220 e. The largest absolute Gasteiger partial charge is 0.259 e. The average Bonchev–Trinajstić information content (AvgIpc) is 3.20. The summed E-state index contributed by atoms with van der Waals surface area (Å²) in [6.07, 6.45) is 0. The maximum Gasteiger partial charge on any atom is 0.220 e. The van der Waals surface area contributed by atoms with Crippen LogP contribution in [0.4, 0.5) is 5.69 Å². The Bertz CT molecular complexity index is 2340. The third-order valence-electron chi connectivity index (χ3n) is 9.93. The van der Waals surface area contributed by atoms with Gasteiger partial charge in [-0.05, 0) is 56.3 Å². The van der Waals surface area contributed by atoms with Crippen molar-refractivity contribution in [2.24, 2.45) is 0 Å². The molecule has 2 aromatic heterocycles. The Balaban J connectivity index is 1.36. The first-order chi connectivity index (χ1) is 25.9. The van der Waals surface area contributed by atoms with Gasteiger partial charge >= 0.3 is 0 Å². The van der Waals surface area contributed by atoms with Crippen molar-refractivity contribution >= 4 is 5.69 Å². The summed E-state index contributed by atoms with van der Waals surface area (Å²) in [6.45, 7) is 21.5. The molecule has 0 saturated heterocycles. The number of aromatic nitrogens is 2. The highest BCUT2D eigenvalue weighted by molar-refractivity contribution is 5.92. The summed E-state index contributed by atoms with van der Waals surface area (Å²) in [6, 6.07) is 51.7. The van der Waals surface area contributed by atoms with Gasteiger partial charge in [0.15, 0.2) is 0 Å². The second-order valence-corrected chi connectivity index (χ2v) is 15.7. The zero-order valence-electron chi connectivity index (χ0n) is 31.6. The minimum absolute atomic E-state index is 0.0155. The fraction of sp³-hybridized carbons (Fsp3) is 0.160. The molecule has 4 nitrogen and oxygen atoms in total. The molecule has 0 amide bonds. The third kappa shape index (κ3) is 7.20. The Morgan fingerprint density at radius 3 is 1.30 bits per heavy atom. The normalized spacial score (nSPS) is 11.5. The number of nitrogens with zero attached hydrogens (tertiary/aromatic N) is 4. The number of benzene rings is 5. The van der Waals surface area contributed by atoms with E-state index >= 15 is 0 Å². The van der Waals surface area contributed by atoms with E-state index < -0.39 is 0 Å². The van der Waals surface area contributed by atoms with Gasteiger partial charge in [0.25, 0.3) is 0 Å². The van der Waals surface area contributed by atoms with Gasteiger partial charge in [-0.2, -0.15) is 5.26 Å². The molecule has 0 atom stereocenters. The van der Waals surface area contributed by atoms with Crippen molar-refractivity contribution in [2.75, 3.05) is 0 Å². The molecule has 262 valence electrons. The van der Waals surface area contributed by atoms with E-state index in [2.05, 4.69) is 125 Å². The van der Waals surface area contributed by atoms with Crippen LogP contribution < -0.4 is 0 Å². The summed E-state index contributed by atoms with van der Waals surface area (Å²) >= 11 is 0. The fourth-order valence-corrected chi connectivity index (χ4v) is 6.77. The molecule has 4 heteroatoms. The highest BCUT2D eigenvalue weighted by atomic mass is 14.8.